The van der Waals surface area contributed by atoms with E-state index in [1.165, 1.54) is 6.07 Å². The van der Waals surface area contributed by atoms with Crippen LogP contribution in [0.1, 0.15) is 27.2 Å². The number of halogens is 1. The van der Waals surface area contributed by atoms with Crippen molar-refractivity contribution in [3.63, 3.8) is 0 Å². The molecule has 2 aromatic carbocycles. The molecule has 0 aliphatic heterocycles. The van der Waals surface area contributed by atoms with Crippen LogP contribution in [0.2, 0.25) is 0 Å². The van der Waals surface area contributed by atoms with E-state index in [-0.39, 0.29) is 11.7 Å². The van der Waals surface area contributed by atoms with E-state index in [4.69, 9.17) is 4.74 Å². The van der Waals surface area contributed by atoms with Gasteiger partial charge in [-0.2, -0.15) is 0 Å². The van der Waals surface area contributed by atoms with E-state index >= 15 is 0 Å². The van der Waals surface area contributed by atoms with E-state index < -0.39 is 0 Å². The highest BCUT2D eigenvalue weighted by Crippen LogP contribution is 2.16. The molecule has 30 heavy (non-hydrogen) atoms. The van der Waals surface area contributed by atoms with Gasteiger partial charge in [-0.3, -0.25) is 4.79 Å². The summed E-state index contributed by atoms with van der Waals surface area (Å²) in [5, 5.41) is 2.82. The largest absolute Gasteiger partial charge is 0.487 e. The molecular formula is C24H22FN3O2. The van der Waals surface area contributed by atoms with Crippen LogP contribution < -0.4 is 10.1 Å². The number of hydrogen-bond donors (Lipinski definition) is 1. The van der Waals surface area contributed by atoms with Crippen LogP contribution in [0, 0.1) is 12.7 Å². The quantitative estimate of drug-likeness (QED) is 0.500. The van der Waals surface area contributed by atoms with Crippen LogP contribution in [0.15, 0.2) is 73.1 Å². The molecule has 0 radical (unpaired) electrons. The number of amides is 1. The lowest BCUT2D eigenvalue weighted by atomic mass is 10.1. The van der Waals surface area contributed by atoms with E-state index in [0.717, 1.165) is 16.9 Å². The van der Waals surface area contributed by atoms with Crippen LogP contribution in [-0.4, -0.2) is 21.8 Å². The zero-order valence-electron chi connectivity index (χ0n) is 16.6. The second kappa shape index (κ2) is 8.78. The molecular weight excluding hydrogens is 381 g/mol. The van der Waals surface area contributed by atoms with Gasteiger partial charge < -0.3 is 14.5 Å². The average Bonchev–Trinajstić information content (AvgIpc) is 3.18. The summed E-state index contributed by atoms with van der Waals surface area (Å²) in [6.07, 6.45) is 4.31. The van der Waals surface area contributed by atoms with Crippen LogP contribution in [0.25, 0.3) is 5.65 Å². The van der Waals surface area contributed by atoms with Gasteiger partial charge in [-0.15, -0.1) is 0 Å². The second-order valence-electron chi connectivity index (χ2n) is 7.07. The van der Waals surface area contributed by atoms with E-state index in [9.17, 15) is 9.18 Å². The van der Waals surface area contributed by atoms with Gasteiger partial charge in [0.2, 0.25) is 0 Å². The minimum absolute atomic E-state index is 0.222. The average molecular weight is 403 g/mol. The van der Waals surface area contributed by atoms with Gasteiger partial charge in [0.15, 0.2) is 0 Å². The number of aromatic nitrogens is 2. The van der Waals surface area contributed by atoms with Gasteiger partial charge in [-0.1, -0.05) is 30.3 Å². The number of imidazole rings is 1. The molecule has 4 aromatic rings. The van der Waals surface area contributed by atoms with Crippen molar-refractivity contribution in [2.24, 2.45) is 0 Å². The first-order valence-corrected chi connectivity index (χ1v) is 9.78. The number of pyridine rings is 1. The third-order valence-corrected chi connectivity index (χ3v) is 4.85. The second-order valence-corrected chi connectivity index (χ2v) is 7.07. The zero-order valence-corrected chi connectivity index (χ0v) is 16.6. The Bertz CT molecular complexity index is 1190. The predicted molar refractivity (Wildman–Crippen MR) is 113 cm³/mol. The molecule has 1 N–H and O–H groups in total. The van der Waals surface area contributed by atoms with Crippen molar-refractivity contribution in [2.45, 2.75) is 20.0 Å². The molecule has 0 fully saturated rings. The monoisotopic (exact) mass is 403 g/mol. The molecule has 6 heteroatoms. The summed E-state index contributed by atoms with van der Waals surface area (Å²) in [7, 11) is 0. The molecule has 2 aromatic heterocycles. The number of carbonyl (C=O) groups excluding carboxylic acids is 1. The Balaban J connectivity index is 1.35. The van der Waals surface area contributed by atoms with Crippen molar-refractivity contribution in [3.05, 3.63) is 101 Å². The number of nitrogens with one attached hydrogen (secondary N) is 1. The lowest BCUT2D eigenvalue weighted by Crippen LogP contribution is -2.25. The van der Waals surface area contributed by atoms with Crippen LogP contribution in [0.5, 0.6) is 5.75 Å². The van der Waals surface area contributed by atoms with Gasteiger partial charge in [-0.05, 0) is 54.8 Å². The summed E-state index contributed by atoms with van der Waals surface area (Å²) in [6, 6.07) is 17.6. The van der Waals surface area contributed by atoms with Crippen LogP contribution in [0.4, 0.5) is 4.39 Å². The maximum Gasteiger partial charge on any atom is 0.251 e. The van der Waals surface area contributed by atoms with Gasteiger partial charge in [0.05, 0.1) is 5.69 Å². The molecule has 2 heterocycles. The number of hydrogen-bond acceptors (Lipinski definition) is 3. The summed E-state index contributed by atoms with van der Waals surface area (Å²) in [5.41, 5.74) is 3.88. The minimum Gasteiger partial charge on any atom is -0.487 e. The molecule has 0 aliphatic rings. The van der Waals surface area contributed by atoms with Gasteiger partial charge in [0.1, 0.15) is 23.8 Å². The number of fused-ring (bicyclic) bond motifs is 1. The van der Waals surface area contributed by atoms with Crippen molar-refractivity contribution < 1.29 is 13.9 Å². The van der Waals surface area contributed by atoms with Gasteiger partial charge in [0.25, 0.3) is 5.91 Å². The maximum atomic E-state index is 13.7. The van der Waals surface area contributed by atoms with Crippen molar-refractivity contribution in [1.29, 1.82) is 0 Å². The zero-order chi connectivity index (χ0) is 20.9. The van der Waals surface area contributed by atoms with Gasteiger partial charge >= 0.3 is 0 Å². The van der Waals surface area contributed by atoms with Crippen LogP contribution in [-0.2, 0) is 13.0 Å². The van der Waals surface area contributed by atoms with Gasteiger partial charge in [-0.25, -0.2) is 9.37 Å². The minimum atomic E-state index is -0.260. The topological polar surface area (TPSA) is 55.6 Å². The fourth-order valence-corrected chi connectivity index (χ4v) is 3.27. The van der Waals surface area contributed by atoms with Crippen molar-refractivity contribution in [3.8, 4) is 5.75 Å². The molecule has 5 nitrogen and oxygen atoms in total. The Hall–Kier alpha value is -3.67. The Morgan fingerprint density at radius 2 is 2.00 bits per heavy atom. The van der Waals surface area contributed by atoms with E-state index in [0.29, 0.717) is 36.4 Å². The van der Waals surface area contributed by atoms with E-state index in [1.807, 2.05) is 35.9 Å². The summed E-state index contributed by atoms with van der Waals surface area (Å²) >= 11 is 0. The fraction of sp³-hybridized carbons (Fsp3) is 0.167. The Labute approximate surface area is 174 Å². The summed E-state index contributed by atoms with van der Waals surface area (Å²) < 4.78 is 21.5. The van der Waals surface area contributed by atoms with E-state index in [1.54, 1.807) is 42.5 Å². The highest BCUT2D eigenvalue weighted by molar-refractivity contribution is 5.94. The maximum absolute atomic E-state index is 13.7. The molecule has 0 atom stereocenters. The molecule has 0 unspecified atom stereocenters. The first-order valence-electron chi connectivity index (χ1n) is 9.78. The molecule has 0 spiro atoms. The number of rotatable bonds is 7. The number of aryl methyl sites for hydroxylation is 1. The summed E-state index contributed by atoms with van der Waals surface area (Å²) in [5.74, 6) is 0.106. The highest BCUT2D eigenvalue weighted by atomic mass is 19.1. The van der Waals surface area contributed by atoms with Gasteiger partial charge in [0, 0.05) is 24.5 Å². The SMILES string of the molecule is Cc1cccn2cc(COc3cccc(C(=O)NCCc4ccccc4F)c3)nc12. The highest BCUT2D eigenvalue weighted by Gasteiger charge is 2.09. The summed E-state index contributed by atoms with van der Waals surface area (Å²) in [6.45, 7) is 2.67. The molecule has 1 amide bonds. The third kappa shape index (κ3) is 4.49. The first kappa shape index (κ1) is 19.6. The van der Waals surface area contributed by atoms with Crippen molar-refractivity contribution >= 4 is 11.6 Å². The smallest absolute Gasteiger partial charge is 0.251 e. The van der Waals surface area contributed by atoms with Crippen LogP contribution >= 0.6 is 0 Å². The Kier molecular flexibility index (Phi) is 5.75. The number of carbonyl (C=O) groups is 1. The normalized spacial score (nSPS) is 10.9. The Morgan fingerprint density at radius 3 is 2.83 bits per heavy atom. The lowest BCUT2D eigenvalue weighted by molar-refractivity contribution is 0.0953. The fourth-order valence-electron chi connectivity index (χ4n) is 3.27. The molecule has 152 valence electrons. The molecule has 4 rings (SSSR count). The summed E-state index contributed by atoms with van der Waals surface area (Å²) in [4.78, 5) is 17.0. The lowest BCUT2D eigenvalue weighted by Gasteiger charge is -2.08. The Morgan fingerprint density at radius 1 is 1.13 bits per heavy atom. The predicted octanol–water partition coefficient (Wildman–Crippen LogP) is 4.33. The molecule has 0 saturated carbocycles. The molecule has 0 saturated heterocycles. The third-order valence-electron chi connectivity index (χ3n) is 4.85. The van der Waals surface area contributed by atoms with E-state index in [2.05, 4.69) is 10.3 Å². The number of ether oxygens (including phenoxy) is 1. The van der Waals surface area contributed by atoms with Crippen molar-refractivity contribution in [2.75, 3.05) is 6.54 Å². The van der Waals surface area contributed by atoms with Crippen LogP contribution in [0.3, 0.4) is 0 Å². The number of nitrogens with zero attached hydrogens (tertiary/aromatic N) is 2. The first-order chi connectivity index (χ1) is 14.6. The molecule has 0 aliphatic carbocycles. The standard InChI is InChI=1S/C24H22FN3O2/c1-17-6-5-13-28-15-20(27-23(17)28)16-30-21-9-4-8-19(14-21)24(29)26-12-11-18-7-2-3-10-22(18)25/h2-10,13-15H,11-12,16H2,1H3,(H,26,29). The number of benzene rings is 2. The molecule has 0 bridgehead atoms. The van der Waals surface area contributed by atoms with Crippen molar-refractivity contribution in [1.82, 2.24) is 14.7 Å².